The topological polar surface area (TPSA) is 45.2 Å². The number of hydrogen-bond acceptors (Lipinski definition) is 4. The summed E-state index contributed by atoms with van der Waals surface area (Å²) in [6.07, 6.45) is 1.85. The van der Waals surface area contributed by atoms with Crippen LogP contribution in [-0.4, -0.2) is 30.0 Å². The Morgan fingerprint density at radius 1 is 1.29 bits per heavy atom. The van der Waals surface area contributed by atoms with E-state index in [0.717, 1.165) is 15.6 Å². The van der Waals surface area contributed by atoms with Crippen molar-refractivity contribution in [2.24, 2.45) is 0 Å². The van der Waals surface area contributed by atoms with E-state index in [1.54, 1.807) is 11.3 Å². The molecule has 0 atom stereocenters. The van der Waals surface area contributed by atoms with Crippen molar-refractivity contribution in [3.63, 3.8) is 0 Å². The number of amides is 1. The Labute approximate surface area is 129 Å². The average Bonchev–Trinajstić information content (AvgIpc) is 2.87. The molecule has 1 aromatic heterocycles. The Kier molecular flexibility index (Phi) is 4.63. The number of nitrogens with zero attached hydrogens (tertiary/aromatic N) is 2. The molecule has 1 N–H and O–H groups in total. The zero-order valence-electron chi connectivity index (χ0n) is 12.9. The monoisotopic (exact) mass is 303 g/mol. The SMILES string of the molecule is CN(CC(=O)NC(C)(C)C)c1ncc(-c2ccccc2)s1. The fraction of sp³-hybridized carbons (Fsp3) is 0.375. The van der Waals surface area contributed by atoms with Gasteiger partial charge in [-0.05, 0) is 26.3 Å². The van der Waals surface area contributed by atoms with Crippen molar-refractivity contribution < 1.29 is 4.79 Å². The van der Waals surface area contributed by atoms with Crippen LogP contribution in [0.3, 0.4) is 0 Å². The van der Waals surface area contributed by atoms with Crippen LogP contribution in [0.25, 0.3) is 10.4 Å². The van der Waals surface area contributed by atoms with Gasteiger partial charge in [0, 0.05) is 18.8 Å². The minimum absolute atomic E-state index is 0.00135. The summed E-state index contributed by atoms with van der Waals surface area (Å²) < 4.78 is 0. The van der Waals surface area contributed by atoms with Crippen molar-refractivity contribution >= 4 is 22.4 Å². The van der Waals surface area contributed by atoms with Gasteiger partial charge in [0.25, 0.3) is 0 Å². The van der Waals surface area contributed by atoms with Crippen molar-refractivity contribution in [2.75, 3.05) is 18.5 Å². The highest BCUT2D eigenvalue weighted by Gasteiger charge is 2.16. The number of likely N-dealkylation sites (N-methyl/N-ethyl adjacent to an activating group) is 1. The molecule has 0 spiro atoms. The van der Waals surface area contributed by atoms with Crippen LogP contribution in [0.4, 0.5) is 5.13 Å². The van der Waals surface area contributed by atoms with Gasteiger partial charge in [-0.2, -0.15) is 0 Å². The van der Waals surface area contributed by atoms with Crippen LogP contribution in [-0.2, 0) is 4.79 Å². The Bertz CT molecular complexity index is 601. The van der Waals surface area contributed by atoms with Crippen LogP contribution in [0.1, 0.15) is 20.8 Å². The second-order valence-corrected chi connectivity index (χ2v) is 7.04. The van der Waals surface area contributed by atoms with Crippen LogP contribution in [0.2, 0.25) is 0 Å². The summed E-state index contributed by atoms with van der Waals surface area (Å²) in [6.45, 7) is 6.23. The molecule has 0 aliphatic heterocycles. The summed E-state index contributed by atoms with van der Waals surface area (Å²) in [5.74, 6) is 0.00135. The van der Waals surface area contributed by atoms with Crippen LogP contribution < -0.4 is 10.2 Å². The zero-order chi connectivity index (χ0) is 15.5. The van der Waals surface area contributed by atoms with Crippen molar-refractivity contribution in [1.82, 2.24) is 10.3 Å². The maximum absolute atomic E-state index is 11.9. The van der Waals surface area contributed by atoms with Gasteiger partial charge in [-0.1, -0.05) is 41.7 Å². The molecule has 4 nitrogen and oxygen atoms in total. The van der Waals surface area contributed by atoms with Gasteiger partial charge in [-0.15, -0.1) is 0 Å². The lowest BCUT2D eigenvalue weighted by Gasteiger charge is -2.23. The third-order valence-electron chi connectivity index (χ3n) is 2.77. The molecule has 0 saturated heterocycles. The first-order valence-corrected chi connectivity index (χ1v) is 7.70. The molecule has 0 aliphatic carbocycles. The first-order chi connectivity index (χ1) is 9.85. The largest absolute Gasteiger partial charge is 0.350 e. The lowest BCUT2D eigenvalue weighted by molar-refractivity contribution is -0.121. The van der Waals surface area contributed by atoms with E-state index in [4.69, 9.17) is 0 Å². The predicted octanol–water partition coefficient (Wildman–Crippen LogP) is 3.16. The average molecular weight is 303 g/mol. The lowest BCUT2D eigenvalue weighted by atomic mass is 10.1. The molecule has 0 radical (unpaired) electrons. The second-order valence-electron chi connectivity index (χ2n) is 6.03. The molecule has 0 bridgehead atoms. The summed E-state index contributed by atoms with van der Waals surface area (Å²) in [6, 6.07) is 10.1. The van der Waals surface area contributed by atoms with E-state index in [2.05, 4.69) is 22.4 Å². The fourth-order valence-corrected chi connectivity index (χ4v) is 2.80. The summed E-state index contributed by atoms with van der Waals surface area (Å²) in [5.41, 5.74) is 0.935. The van der Waals surface area contributed by atoms with Crippen LogP contribution in [0.5, 0.6) is 0 Å². The van der Waals surface area contributed by atoms with Gasteiger partial charge in [-0.25, -0.2) is 4.98 Å². The summed E-state index contributed by atoms with van der Waals surface area (Å²) in [4.78, 5) is 19.3. The van der Waals surface area contributed by atoms with Gasteiger partial charge >= 0.3 is 0 Å². The Hall–Kier alpha value is -1.88. The maximum Gasteiger partial charge on any atom is 0.239 e. The van der Waals surface area contributed by atoms with Crippen LogP contribution in [0.15, 0.2) is 36.5 Å². The predicted molar refractivity (Wildman–Crippen MR) is 88.7 cm³/mol. The quantitative estimate of drug-likeness (QED) is 0.943. The lowest BCUT2D eigenvalue weighted by Crippen LogP contribution is -2.45. The number of benzene rings is 1. The van der Waals surface area contributed by atoms with Gasteiger partial charge in [0.05, 0.1) is 11.4 Å². The number of aromatic nitrogens is 1. The molecular weight excluding hydrogens is 282 g/mol. The zero-order valence-corrected chi connectivity index (χ0v) is 13.7. The van der Waals surface area contributed by atoms with Gasteiger partial charge in [-0.3, -0.25) is 4.79 Å². The normalized spacial score (nSPS) is 11.2. The summed E-state index contributed by atoms with van der Waals surface area (Å²) >= 11 is 1.59. The van der Waals surface area contributed by atoms with E-state index in [1.165, 1.54) is 0 Å². The number of anilines is 1. The Morgan fingerprint density at radius 2 is 1.95 bits per heavy atom. The molecule has 1 aromatic carbocycles. The highest BCUT2D eigenvalue weighted by molar-refractivity contribution is 7.18. The molecule has 2 rings (SSSR count). The van der Waals surface area contributed by atoms with E-state index < -0.39 is 0 Å². The van der Waals surface area contributed by atoms with E-state index in [0.29, 0.717) is 6.54 Å². The van der Waals surface area contributed by atoms with Gasteiger partial charge in [0.1, 0.15) is 0 Å². The molecule has 112 valence electrons. The number of nitrogens with one attached hydrogen (secondary N) is 1. The van der Waals surface area contributed by atoms with Gasteiger partial charge in [0.15, 0.2) is 5.13 Å². The van der Waals surface area contributed by atoms with E-state index >= 15 is 0 Å². The smallest absolute Gasteiger partial charge is 0.239 e. The Balaban J connectivity index is 2.03. The van der Waals surface area contributed by atoms with Crippen LogP contribution >= 0.6 is 11.3 Å². The van der Waals surface area contributed by atoms with E-state index in [9.17, 15) is 4.79 Å². The molecule has 2 aromatic rings. The third-order valence-corrected chi connectivity index (χ3v) is 3.93. The molecule has 21 heavy (non-hydrogen) atoms. The highest BCUT2D eigenvalue weighted by atomic mass is 32.1. The summed E-state index contributed by atoms with van der Waals surface area (Å²) in [5, 5.41) is 3.80. The standard InChI is InChI=1S/C16H21N3OS/c1-16(2,3)18-14(20)11-19(4)15-17-10-13(21-15)12-8-6-5-7-9-12/h5-10H,11H2,1-4H3,(H,18,20). The molecule has 1 amide bonds. The number of carbonyl (C=O) groups is 1. The van der Waals surface area contributed by atoms with E-state index in [1.807, 2.05) is 57.1 Å². The maximum atomic E-state index is 11.9. The second kappa shape index (κ2) is 6.26. The molecule has 0 unspecified atom stereocenters. The first kappa shape index (κ1) is 15.5. The van der Waals surface area contributed by atoms with Crippen LogP contribution in [0, 0.1) is 0 Å². The van der Waals surface area contributed by atoms with Crippen molar-refractivity contribution in [3.05, 3.63) is 36.5 Å². The molecule has 0 fully saturated rings. The molecular formula is C16H21N3OS. The number of rotatable bonds is 4. The molecule has 0 saturated carbocycles. The van der Waals surface area contributed by atoms with Gasteiger partial charge < -0.3 is 10.2 Å². The van der Waals surface area contributed by atoms with Gasteiger partial charge in [0.2, 0.25) is 5.91 Å². The third kappa shape index (κ3) is 4.56. The molecule has 1 heterocycles. The number of carbonyl (C=O) groups excluding carboxylic acids is 1. The summed E-state index contributed by atoms with van der Waals surface area (Å²) in [7, 11) is 1.88. The minimum atomic E-state index is -0.212. The van der Waals surface area contributed by atoms with E-state index in [-0.39, 0.29) is 11.4 Å². The highest BCUT2D eigenvalue weighted by Crippen LogP contribution is 2.30. The number of hydrogen-bond donors (Lipinski definition) is 1. The van der Waals surface area contributed by atoms with Crippen molar-refractivity contribution in [1.29, 1.82) is 0 Å². The first-order valence-electron chi connectivity index (χ1n) is 6.88. The van der Waals surface area contributed by atoms with Crippen molar-refractivity contribution in [3.8, 4) is 10.4 Å². The molecule has 0 aliphatic rings. The molecule has 5 heteroatoms. The van der Waals surface area contributed by atoms with Crippen molar-refractivity contribution in [2.45, 2.75) is 26.3 Å². The Morgan fingerprint density at radius 3 is 2.57 bits per heavy atom. The fourth-order valence-electron chi connectivity index (χ4n) is 1.92. The number of thiazole rings is 1. The minimum Gasteiger partial charge on any atom is -0.350 e.